The van der Waals surface area contributed by atoms with Crippen LogP contribution in [0.15, 0.2) is 23.6 Å². The molecule has 2 aromatic rings. The predicted octanol–water partition coefficient (Wildman–Crippen LogP) is 5.37. The molecule has 0 radical (unpaired) electrons. The van der Waals surface area contributed by atoms with Crippen LogP contribution in [0.5, 0.6) is 5.75 Å². The lowest BCUT2D eigenvalue weighted by Gasteiger charge is -2.28. The molecule has 1 fully saturated rings. The maximum absolute atomic E-state index is 13.4. The van der Waals surface area contributed by atoms with Crippen LogP contribution >= 0.6 is 34.5 Å². The van der Waals surface area contributed by atoms with E-state index in [2.05, 4.69) is 6.92 Å². The molecule has 1 aromatic carbocycles. The fourth-order valence-electron chi connectivity index (χ4n) is 3.41. The Balaban J connectivity index is 1.89. The first kappa shape index (κ1) is 23.4. The quantitative estimate of drug-likeness (QED) is 0.467. The summed E-state index contributed by atoms with van der Waals surface area (Å²) in [5.41, 5.74) is 1.40. The molecule has 5 nitrogen and oxygen atoms in total. The van der Waals surface area contributed by atoms with Crippen molar-refractivity contribution >= 4 is 50.3 Å². The first-order chi connectivity index (χ1) is 14.2. The average Bonchev–Trinajstić information content (AvgIpc) is 3.25. The minimum absolute atomic E-state index is 0.0250. The Hall–Kier alpha value is -1.28. The number of ether oxygens (including phenoxy) is 1. The van der Waals surface area contributed by atoms with Gasteiger partial charge in [-0.3, -0.25) is 4.79 Å². The number of sulfone groups is 1. The lowest BCUT2D eigenvalue weighted by molar-refractivity contribution is 0.0683. The van der Waals surface area contributed by atoms with Gasteiger partial charge in [0.15, 0.2) is 15.6 Å². The van der Waals surface area contributed by atoms with Crippen molar-refractivity contribution in [3.63, 3.8) is 0 Å². The van der Waals surface area contributed by atoms with Crippen LogP contribution in [0.4, 0.5) is 0 Å². The maximum Gasteiger partial charge on any atom is 0.254 e. The van der Waals surface area contributed by atoms with E-state index in [1.807, 2.05) is 18.4 Å². The van der Waals surface area contributed by atoms with Crippen molar-refractivity contribution in [1.82, 2.24) is 4.90 Å². The minimum Gasteiger partial charge on any atom is -0.490 e. The van der Waals surface area contributed by atoms with Gasteiger partial charge in [-0.1, -0.05) is 36.5 Å². The lowest BCUT2D eigenvalue weighted by Crippen LogP contribution is -2.40. The fraction of sp³-hybridized carbons (Fsp3) is 0.476. The van der Waals surface area contributed by atoms with Gasteiger partial charge in [-0.15, -0.1) is 11.3 Å². The molecule has 0 N–H and O–H groups in total. The van der Waals surface area contributed by atoms with E-state index in [-0.39, 0.29) is 33.5 Å². The van der Waals surface area contributed by atoms with E-state index < -0.39 is 9.84 Å². The molecule has 0 aliphatic carbocycles. The molecule has 0 bridgehead atoms. The number of aryl methyl sites for hydroxylation is 1. The molecule has 0 saturated carbocycles. The summed E-state index contributed by atoms with van der Waals surface area (Å²) in [6.07, 6.45) is 2.28. The number of carbonyl (C=O) groups is 1. The molecule has 164 valence electrons. The third-order valence-electron chi connectivity index (χ3n) is 5.18. The first-order valence-electron chi connectivity index (χ1n) is 9.88. The van der Waals surface area contributed by atoms with Gasteiger partial charge in [0.1, 0.15) is 0 Å². The normalized spacial score (nSPS) is 17.8. The van der Waals surface area contributed by atoms with Gasteiger partial charge in [-0.2, -0.15) is 0 Å². The zero-order valence-corrected chi connectivity index (χ0v) is 20.1. The number of nitrogens with zero attached hydrogens (tertiary/aromatic N) is 1. The number of hydrogen-bond acceptors (Lipinski definition) is 5. The molecular formula is C21H25Cl2NO4S2. The predicted molar refractivity (Wildman–Crippen MR) is 123 cm³/mol. The third kappa shape index (κ3) is 5.49. The summed E-state index contributed by atoms with van der Waals surface area (Å²) in [7, 11) is -3.14. The molecule has 3 rings (SSSR count). The van der Waals surface area contributed by atoms with Gasteiger partial charge < -0.3 is 9.64 Å². The van der Waals surface area contributed by atoms with Crippen molar-refractivity contribution in [2.24, 2.45) is 0 Å². The Kier molecular flexibility index (Phi) is 7.71. The minimum atomic E-state index is -3.14. The Bertz CT molecular complexity index is 997. The largest absolute Gasteiger partial charge is 0.490 e. The molecule has 1 aliphatic rings. The van der Waals surface area contributed by atoms with Crippen molar-refractivity contribution in [1.29, 1.82) is 0 Å². The molecule has 1 saturated heterocycles. The lowest BCUT2D eigenvalue weighted by atomic mass is 10.1. The Morgan fingerprint density at radius 2 is 2.00 bits per heavy atom. The highest BCUT2D eigenvalue weighted by Crippen LogP contribution is 2.35. The second-order valence-electron chi connectivity index (χ2n) is 7.49. The molecule has 0 unspecified atom stereocenters. The topological polar surface area (TPSA) is 63.7 Å². The summed E-state index contributed by atoms with van der Waals surface area (Å²) < 4.78 is 29.8. The SMILES string of the molecule is CCCCOc1c(Cl)cc(C(=O)N(Cc2sccc2C)[C@@H]2CCS(=O)(=O)C2)cc1Cl. The summed E-state index contributed by atoms with van der Waals surface area (Å²) in [6, 6.07) is 4.72. The van der Waals surface area contributed by atoms with E-state index in [0.29, 0.717) is 30.9 Å². The van der Waals surface area contributed by atoms with Gasteiger partial charge in [-0.05, 0) is 48.9 Å². The van der Waals surface area contributed by atoms with Crippen LogP contribution in [-0.2, 0) is 16.4 Å². The van der Waals surface area contributed by atoms with Crippen LogP contribution in [0.1, 0.15) is 47.0 Å². The number of thiophene rings is 1. The smallest absolute Gasteiger partial charge is 0.254 e. The van der Waals surface area contributed by atoms with E-state index in [4.69, 9.17) is 27.9 Å². The number of hydrogen-bond donors (Lipinski definition) is 0. The average molecular weight is 490 g/mol. The second kappa shape index (κ2) is 9.90. The van der Waals surface area contributed by atoms with Crippen LogP contribution in [0, 0.1) is 6.92 Å². The highest BCUT2D eigenvalue weighted by molar-refractivity contribution is 7.91. The second-order valence-corrected chi connectivity index (χ2v) is 11.5. The standard InChI is InChI=1S/C21H25Cl2NO4S2/c1-3-4-7-28-20-17(22)10-15(11-18(20)23)21(25)24(12-19-14(2)5-8-29-19)16-6-9-30(26,27)13-16/h5,8,10-11,16H,3-4,6-7,9,12-13H2,1-2H3/t16-/m1/s1. The Labute approximate surface area is 191 Å². The van der Waals surface area contributed by atoms with E-state index >= 15 is 0 Å². The molecule has 1 atom stereocenters. The zero-order valence-electron chi connectivity index (χ0n) is 17.0. The van der Waals surface area contributed by atoms with E-state index in [1.54, 1.807) is 28.4 Å². The van der Waals surface area contributed by atoms with Crippen LogP contribution in [0.25, 0.3) is 0 Å². The Morgan fingerprint density at radius 1 is 1.30 bits per heavy atom. The molecule has 1 amide bonds. The molecule has 30 heavy (non-hydrogen) atoms. The highest BCUT2D eigenvalue weighted by atomic mass is 35.5. The molecule has 2 heterocycles. The summed E-state index contributed by atoms with van der Waals surface area (Å²) in [5.74, 6) is 0.153. The first-order valence-corrected chi connectivity index (χ1v) is 13.3. The molecule has 0 spiro atoms. The number of amides is 1. The van der Waals surface area contributed by atoms with Crippen LogP contribution in [0.2, 0.25) is 10.0 Å². The highest BCUT2D eigenvalue weighted by Gasteiger charge is 2.35. The van der Waals surface area contributed by atoms with Gasteiger partial charge in [0.25, 0.3) is 5.91 Å². The number of benzene rings is 1. The Morgan fingerprint density at radius 3 is 2.53 bits per heavy atom. The van der Waals surface area contributed by atoms with Gasteiger partial charge in [0, 0.05) is 16.5 Å². The van der Waals surface area contributed by atoms with E-state index in [0.717, 1.165) is 23.3 Å². The van der Waals surface area contributed by atoms with Gasteiger partial charge >= 0.3 is 0 Å². The van der Waals surface area contributed by atoms with Gasteiger partial charge in [0.2, 0.25) is 0 Å². The van der Waals surface area contributed by atoms with Crippen molar-refractivity contribution in [3.8, 4) is 5.75 Å². The molecule has 1 aliphatic heterocycles. The van der Waals surface area contributed by atoms with Crippen LogP contribution < -0.4 is 4.74 Å². The van der Waals surface area contributed by atoms with Gasteiger partial charge in [0.05, 0.1) is 34.7 Å². The summed E-state index contributed by atoms with van der Waals surface area (Å²) in [5, 5.41) is 2.51. The monoisotopic (exact) mass is 489 g/mol. The van der Waals surface area contributed by atoms with Crippen molar-refractivity contribution in [2.75, 3.05) is 18.1 Å². The maximum atomic E-state index is 13.4. The number of unbranched alkanes of at least 4 members (excludes halogenated alkanes) is 1. The number of carbonyl (C=O) groups excluding carboxylic acids is 1. The number of rotatable bonds is 8. The van der Waals surface area contributed by atoms with E-state index in [1.165, 1.54) is 0 Å². The fourth-order valence-corrected chi connectivity index (χ4v) is 6.65. The van der Waals surface area contributed by atoms with Crippen molar-refractivity contribution < 1.29 is 17.9 Å². The van der Waals surface area contributed by atoms with Crippen molar-refractivity contribution in [2.45, 2.75) is 45.7 Å². The van der Waals surface area contributed by atoms with Crippen LogP contribution in [-0.4, -0.2) is 43.4 Å². The third-order valence-corrected chi connectivity index (χ3v) is 8.50. The van der Waals surface area contributed by atoms with Crippen LogP contribution in [0.3, 0.4) is 0 Å². The van der Waals surface area contributed by atoms with E-state index in [9.17, 15) is 13.2 Å². The molecule has 9 heteroatoms. The van der Waals surface area contributed by atoms with Gasteiger partial charge in [-0.25, -0.2) is 8.42 Å². The summed E-state index contributed by atoms with van der Waals surface area (Å²) >= 11 is 14.3. The molecular weight excluding hydrogens is 465 g/mol. The number of halogens is 2. The van der Waals surface area contributed by atoms with Crippen molar-refractivity contribution in [3.05, 3.63) is 49.6 Å². The molecule has 1 aromatic heterocycles. The summed E-state index contributed by atoms with van der Waals surface area (Å²) in [4.78, 5) is 16.1. The zero-order chi connectivity index (χ0) is 21.9. The summed E-state index contributed by atoms with van der Waals surface area (Å²) in [6.45, 7) is 4.89.